The molecule has 1 amide bonds. The van der Waals surface area contributed by atoms with Crippen molar-refractivity contribution >= 4 is 11.7 Å². The molecule has 3 heterocycles. The van der Waals surface area contributed by atoms with Crippen LogP contribution in [0.5, 0.6) is 0 Å². The molecule has 0 spiro atoms. The zero-order valence-corrected chi connectivity index (χ0v) is 16.1. The van der Waals surface area contributed by atoms with Gasteiger partial charge in [-0.1, -0.05) is 0 Å². The third-order valence-corrected chi connectivity index (χ3v) is 4.96. The van der Waals surface area contributed by atoms with E-state index in [1.165, 1.54) is 6.07 Å². The standard InChI is InChI=1S/C19H25FN6O/c1-11-12(2)24-17(19(27)21-4)25-18(11)26-9-7-14(10-26)23-13(3)16-15(20)6-5-8-22-16/h5-6,8,13-14,23H,7,9-10H2,1-4H3,(H,21,27)/t13?,14-/m1/s1. The van der Waals surface area contributed by atoms with Gasteiger partial charge >= 0.3 is 0 Å². The Labute approximate surface area is 158 Å². The van der Waals surface area contributed by atoms with E-state index in [-0.39, 0.29) is 29.6 Å². The van der Waals surface area contributed by atoms with Crippen LogP contribution in [0.3, 0.4) is 0 Å². The predicted molar refractivity (Wildman–Crippen MR) is 101 cm³/mol. The summed E-state index contributed by atoms with van der Waals surface area (Å²) in [6.45, 7) is 7.29. The molecule has 1 unspecified atom stereocenters. The van der Waals surface area contributed by atoms with Crippen LogP contribution in [-0.4, -0.2) is 47.0 Å². The molecule has 0 aliphatic carbocycles. The van der Waals surface area contributed by atoms with E-state index in [1.807, 2.05) is 20.8 Å². The molecule has 2 aromatic heterocycles. The lowest BCUT2D eigenvalue weighted by molar-refractivity contribution is 0.0952. The Bertz CT molecular complexity index is 843. The van der Waals surface area contributed by atoms with E-state index in [1.54, 1.807) is 19.3 Å². The first kappa shape index (κ1) is 19.2. The number of aromatic nitrogens is 3. The quantitative estimate of drug-likeness (QED) is 0.834. The van der Waals surface area contributed by atoms with Gasteiger partial charge in [0, 0.05) is 49.7 Å². The number of nitrogens with one attached hydrogen (secondary N) is 2. The second-order valence-electron chi connectivity index (χ2n) is 6.85. The summed E-state index contributed by atoms with van der Waals surface area (Å²) in [6.07, 6.45) is 2.50. The number of pyridine rings is 1. The van der Waals surface area contributed by atoms with Crippen molar-refractivity contribution in [2.75, 3.05) is 25.0 Å². The van der Waals surface area contributed by atoms with Crippen LogP contribution in [0.25, 0.3) is 0 Å². The lowest BCUT2D eigenvalue weighted by atomic mass is 10.1. The molecule has 1 saturated heterocycles. The Morgan fingerprint density at radius 1 is 1.37 bits per heavy atom. The van der Waals surface area contributed by atoms with Gasteiger partial charge in [0.05, 0.1) is 5.69 Å². The SMILES string of the molecule is CNC(=O)c1nc(C)c(C)c(N2CC[C@@H](NC(C)c3ncccc3F)C2)n1. The molecule has 2 atom stereocenters. The lowest BCUT2D eigenvalue weighted by Gasteiger charge is -2.23. The van der Waals surface area contributed by atoms with Gasteiger partial charge in [0.1, 0.15) is 11.6 Å². The minimum Gasteiger partial charge on any atom is -0.355 e. The van der Waals surface area contributed by atoms with E-state index in [9.17, 15) is 9.18 Å². The van der Waals surface area contributed by atoms with Crippen LogP contribution >= 0.6 is 0 Å². The molecular formula is C19H25FN6O. The molecule has 2 aromatic rings. The zero-order valence-electron chi connectivity index (χ0n) is 16.1. The first-order valence-corrected chi connectivity index (χ1v) is 9.09. The van der Waals surface area contributed by atoms with Crippen molar-refractivity contribution in [1.29, 1.82) is 0 Å². The van der Waals surface area contributed by atoms with Crippen LogP contribution in [0.15, 0.2) is 18.3 Å². The number of amides is 1. The molecule has 8 heteroatoms. The van der Waals surface area contributed by atoms with Crippen molar-refractivity contribution in [1.82, 2.24) is 25.6 Å². The van der Waals surface area contributed by atoms with Gasteiger partial charge in [-0.25, -0.2) is 14.4 Å². The summed E-state index contributed by atoms with van der Waals surface area (Å²) in [6, 6.07) is 3.01. The van der Waals surface area contributed by atoms with Crippen LogP contribution in [0.2, 0.25) is 0 Å². The summed E-state index contributed by atoms with van der Waals surface area (Å²) >= 11 is 0. The van der Waals surface area contributed by atoms with E-state index >= 15 is 0 Å². The molecule has 27 heavy (non-hydrogen) atoms. The van der Waals surface area contributed by atoms with Crippen molar-refractivity contribution in [3.63, 3.8) is 0 Å². The Balaban J connectivity index is 1.73. The molecule has 2 N–H and O–H groups in total. The minimum absolute atomic E-state index is 0.177. The smallest absolute Gasteiger partial charge is 0.288 e. The zero-order chi connectivity index (χ0) is 19.6. The number of anilines is 1. The summed E-state index contributed by atoms with van der Waals surface area (Å²) in [4.78, 5) is 27.0. The van der Waals surface area contributed by atoms with E-state index in [0.717, 1.165) is 36.6 Å². The molecule has 1 aliphatic heterocycles. The fourth-order valence-electron chi connectivity index (χ4n) is 3.37. The molecular weight excluding hydrogens is 347 g/mol. The fourth-order valence-corrected chi connectivity index (χ4v) is 3.37. The normalized spacial score (nSPS) is 17.8. The van der Waals surface area contributed by atoms with Gasteiger partial charge in [-0.3, -0.25) is 9.78 Å². The second kappa shape index (κ2) is 7.96. The number of nitrogens with zero attached hydrogens (tertiary/aromatic N) is 4. The fraction of sp³-hybridized carbons (Fsp3) is 0.474. The molecule has 1 fully saturated rings. The number of carbonyl (C=O) groups excluding carboxylic acids is 1. The average Bonchev–Trinajstić information content (AvgIpc) is 3.11. The minimum atomic E-state index is -0.301. The van der Waals surface area contributed by atoms with E-state index in [2.05, 4.69) is 30.5 Å². The molecule has 0 saturated carbocycles. The highest BCUT2D eigenvalue weighted by Crippen LogP contribution is 2.25. The van der Waals surface area contributed by atoms with Gasteiger partial charge in [-0.15, -0.1) is 0 Å². The van der Waals surface area contributed by atoms with Crippen molar-refractivity contribution in [3.8, 4) is 0 Å². The Hall–Kier alpha value is -2.61. The van der Waals surface area contributed by atoms with Crippen molar-refractivity contribution in [2.45, 2.75) is 39.3 Å². The van der Waals surface area contributed by atoms with Crippen LogP contribution in [0, 0.1) is 19.7 Å². The highest BCUT2D eigenvalue weighted by molar-refractivity contribution is 5.90. The topological polar surface area (TPSA) is 83.0 Å². The maximum absolute atomic E-state index is 13.9. The maximum atomic E-state index is 13.9. The number of aryl methyl sites for hydroxylation is 1. The largest absolute Gasteiger partial charge is 0.355 e. The maximum Gasteiger partial charge on any atom is 0.288 e. The Kier molecular flexibility index (Phi) is 5.65. The first-order chi connectivity index (χ1) is 12.9. The molecule has 7 nitrogen and oxygen atoms in total. The summed E-state index contributed by atoms with van der Waals surface area (Å²) in [5.74, 6) is 0.357. The van der Waals surface area contributed by atoms with Crippen molar-refractivity contribution in [2.24, 2.45) is 0 Å². The summed E-state index contributed by atoms with van der Waals surface area (Å²) < 4.78 is 13.9. The monoisotopic (exact) mass is 372 g/mol. The molecule has 144 valence electrons. The van der Waals surface area contributed by atoms with Gasteiger partial charge < -0.3 is 15.5 Å². The van der Waals surface area contributed by atoms with E-state index in [0.29, 0.717) is 5.69 Å². The van der Waals surface area contributed by atoms with Crippen molar-refractivity contribution in [3.05, 3.63) is 46.9 Å². The van der Waals surface area contributed by atoms with Gasteiger partial charge in [-0.2, -0.15) is 0 Å². The molecule has 0 bridgehead atoms. The van der Waals surface area contributed by atoms with Crippen LogP contribution in [-0.2, 0) is 0 Å². The van der Waals surface area contributed by atoms with Gasteiger partial charge in [-0.05, 0) is 39.3 Å². The van der Waals surface area contributed by atoms with Crippen LogP contribution < -0.4 is 15.5 Å². The van der Waals surface area contributed by atoms with Crippen LogP contribution in [0.1, 0.15) is 47.0 Å². The van der Waals surface area contributed by atoms with E-state index < -0.39 is 0 Å². The van der Waals surface area contributed by atoms with Gasteiger partial charge in [0.15, 0.2) is 0 Å². The summed E-state index contributed by atoms with van der Waals surface area (Å²) in [7, 11) is 1.56. The molecule has 1 aliphatic rings. The molecule has 0 radical (unpaired) electrons. The number of halogens is 1. The number of carbonyl (C=O) groups is 1. The van der Waals surface area contributed by atoms with Gasteiger partial charge in [0.25, 0.3) is 5.91 Å². The predicted octanol–water partition coefficient (Wildman–Crippen LogP) is 1.92. The highest BCUT2D eigenvalue weighted by Gasteiger charge is 2.28. The Morgan fingerprint density at radius 3 is 2.85 bits per heavy atom. The van der Waals surface area contributed by atoms with E-state index in [4.69, 9.17) is 0 Å². The average molecular weight is 372 g/mol. The Morgan fingerprint density at radius 2 is 2.15 bits per heavy atom. The van der Waals surface area contributed by atoms with Gasteiger partial charge in [0.2, 0.25) is 5.82 Å². The highest BCUT2D eigenvalue weighted by atomic mass is 19.1. The molecule has 3 rings (SSSR count). The second-order valence-corrected chi connectivity index (χ2v) is 6.85. The number of rotatable bonds is 5. The third-order valence-electron chi connectivity index (χ3n) is 4.96. The summed E-state index contributed by atoms with van der Waals surface area (Å²) in [5.41, 5.74) is 2.18. The van der Waals surface area contributed by atoms with Crippen molar-refractivity contribution < 1.29 is 9.18 Å². The first-order valence-electron chi connectivity index (χ1n) is 9.09. The number of hydrogen-bond acceptors (Lipinski definition) is 6. The number of hydrogen-bond donors (Lipinski definition) is 2. The molecule has 0 aromatic carbocycles. The lowest BCUT2D eigenvalue weighted by Crippen LogP contribution is -2.35. The van der Waals surface area contributed by atoms with Crippen LogP contribution in [0.4, 0.5) is 10.2 Å². The summed E-state index contributed by atoms with van der Waals surface area (Å²) in [5, 5.41) is 6.02. The third kappa shape index (κ3) is 4.05.